The SMILES string of the molecule is O=C(c1ccc(OC(F)(F)Br)cc1)C(F)(F)F. The summed E-state index contributed by atoms with van der Waals surface area (Å²) in [5, 5.41) is -3.62. The predicted molar refractivity (Wildman–Crippen MR) is 51.3 cm³/mol. The van der Waals surface area contributed by atoms with Gasteiger partial charge < -0.3 is 4.74 Å². The summed E-state index contributed by atoms with van der Waals surface area (Å²) in [6.45, 7) is 0. The molecule has 1 rings (SSSR count). The highest BCUT2D eigenvalue weighted by Gasteiger charge is 2.39. The highest BCUT2D eigenvalue weighted by atomic mass is 79.9. The fraction of sp³-hybridized carbons (Fsp3) is 0.222. The Balaban J connectivity index is 2.86. The van der Waals surface area contributed by atoms with Crippen molar-refractivity contribution in [2.45, 2.75) is 11.2 Å². The number of carbonyl (C=O) groups excluding carboxylic acids is 1. The van der Waals surface area contributed by atoms with Crippen LogP contribution in [-0.2, 0) is 0 Å². The van der Waals surface area contributed by atoms with E-state index in [0.29, 0.717) is 0 Å². The minimum absolute atomic E-state index is 0.370. The van der Waals surface area contributed by atoms with E-state index in [1.54, 1.807) is 0 Å². The molecule has 0 N–H and O–H groups in total. The maximum absolute atomic E-state index is 12.3. The van der Waals surface area contributed by atoms with Gasteiger partial charge in [0.25, 0.3) is 5.78 Å². The monoisotopic (exact) mass is 318 g/mol. The number of benzene rings is 1. The predicted octanol–water partition coefficient (Wildman–Crippen LogP) is 3.76. The third-order valence-corrected chi connectivity index (χ3v) is 1.77. The molecule has 0 aliphatic heterocycles. The summed E-state index contributed by atoms with van der Waals surface area (Å²) in [5.74, 6) is -2.42. The standard InChI is InChI=1S/C9H4BrF5O2/c10-9(14,15)17-6-3-1-5(2-4-6)7(16)8(11,12)13/h1-4H. The smallest absolute Gasteiger partial charge is 0.424 e. The first-order valence-corrected chi connectivity index (χ1v) is 4.86. The van der Waals surface area contributed by atoms with Crippen LogP contribution >= 0.6 is 15.9 Å². The molecule has 17 heavy (non-hydrogen) atoms. The van der Waals surface area contributed by atoms with Crippen LogP contribution in [0.1, 0.15) is 10.4 Å². The average Bonchev–Trinajstić information content (AvgIpc) is 2.14. The van der Waals surface area contributed by atoms with Crippen LogP contribution in [0.25, 0.3) is 0 Å². The lowest BCUT2D eigenvalue weighted by Gasteiger charge is -2.11. The molecule has 0 unspecified atom stereocenters. The van der Waals surface area contributed by atoms with Gasteiger partial charge in [0.1, 0.15) is 5.75 Å². The summed E-state index contributed by atoms with van der Waals surface area (Å²) in [4.78, 5) is 10.7. The van der Waals surface area contributed by atoms with E-state index >= 15 is 0 Å². The van der Waals surface area contributed by atoms with Crippen LogP contribution in [-0.4, -0.2) is 17.0 Å². The highest BCUT2D eigenvalue weighted by molar-refractivity contribution is 9.09. The van der Waals surface area contributed by atoms with Crippen molar-refractivity contribution in [3.8, 4) is 5.75 Å². The van der Waals surface area contributed by atoms with Crippen molar-refractivity contribution in [2.24, 2.45) is 0 Å². The van der Waals surface area contributed by atoms with Crippen LogP contribution < -0.4 is 4.74 Å². The molecule has 0 radical (unpaired) electrons. The van der Waals surface area contributed by atoms with Crippen molar-refractivity contribution < 1.29 is 31.5 Å². The summed E-state index contributed by atoms with van der Waals surface area (Å²) >= 11 is 1.89. The highest BCUT2D eigenvalue weighted by Crippen LogP contribution is 2.28. The van der Waals surface area contributed by atoms with Gasteiger partial charge in [0.15, 0.2) is 0 Å². The molecule has 0 fully saturated rings. The molecule has 8 heteroatoms. The number of rotatable bonds is 3. The van der Waals surface area contributed by atoms with Crippen LogP contribution in [0, 0.1) is 0 Å². The van der Waals surface area contributed by atoms with E-state index in [1.165, 1.54) is 0 Å². The Morgan fingerprint density at radius 1 is 1.06 bits per heavy atom. The van der Waals surface area contributed by atoms with Crippen LogP contribution in [0.4, 0.5) is 22.0 Å². The molecule has 1 aromatic carbocycles. The normalized spacial score (nSPS) is 12.4. The third kappa shape index (κ3) is 4.29. The summed E-state index contributed by atoms with van der Waals surface area (Å²) in [5.41, 5.74) is -0.650. The molecule has 0 aliphatic rings. The molecular formula is C9H4BrF5O2. The van der Waals surface area contributed by atoms with Gasteiger partial charge in [0.2, 0.25) is 0 Å². The Kier molecular flexibility index (Phi) is 3.75. The van der Waals surface area contributed by atoms with Gasteiger partial charge in [-0.3, -0.25) is 4.79 Å². The largest absolute Gasteiger partial charge is 0.459 e. The van der Waals surface area contributed by atoms with Crippen molar-refractivity contribution >= 4 is 21.7 Å². The van der Waals surface area contributed by atoms with Gasteiger partial charge in [-0.25, -0.2) is 0 Å². The number of Topliss-reactive ketones (excluding diaryl/α,β-unsaturated/α-hetero) is 1. The van der Waals surface area contributed by atoms with Crippen LogP contribution in [0.5, 0.6) is 5.75 Å². The number of ether oxygens (including phenoxy) is 1. The number of ketones is 1. The lowest BCUT2D eigenvalue weighted by atomic mass is 10.1. The molecular weight excluding hydrogens is 315 g/mol. The molecule has 94 valence electrons. The molecule has 2 nitrogen and oxygen atoms in total. The summed E-state index contributed by atoms with van der Waals surface area (Å²) in [7, 11) is 0. The summed E-state index contributed by atoms with van der Waals surface area (Å²) in [6, 6.07) is 3.19. The second kappa shape index (κ2) is 4.59. The zero-order valence-electron chi connectivity index (χ0n) is 7.89. The molecule has 0 saturated heterocycles. The molecule has 0 saturated carbocycles. The first-order chi connectivity index (χ1) is 7.59. The molecule has 0 aromatic heterocycles. The number of hydrogen-bond donors (Lipinski definition) is 0. The zero-order chi connectivity index (χ0) is 13.3. The van der Waals surface area contributed by atoms with Gasteiger partial charge in [0.05, 0.1) is 0 Å². The van der Waals surface area contributed by atoms with Gasteiger partial charge in [0, 0.05) is 21.5 Å². The maximum atomic E-state index is 12.3. The summed E-state index contributed by atoms with van der Waals surface area (Å²) < 4.78 is 64.6. The maximum Gasteiger partial charge on any atom is 0.459 e. The number of alkyl halides is 6. The van der Waals surface area contributed by atoms with E-state index in [4.69, 9.17) is 0 Å². The van der Waals surface area contributed by atoms with Crippen LogP contribution in [0.15, 0.2) is 24.3 Å². The van der Waals surface area contributed by atoms with Crippen LogP contribution in [0.3, 0.4) is 0 Å². The van der Waals surface area contributed by atoms with E-state index in [9.17, 15) is 26.7 Å². The van der Waals surface area contributed by atoms with E-state index in [1.807, 2.05) is 15.9 Å². The van der Waals surface area contributed by atoms with Gasteiger partial charge in [-0.1, -0.05) is 0 Å². The molecule has 1 aromatic rings. The Labute approximate surface area is 100 Å². The second-order valence-corrected chi connectivity index (χ2v) is 3.82. The zero-order valence-corrected chi connectivity index (χ0v) is 9.48. The van der Waals surface area contributed by atoms with Crippen LogP contribution in [0.2, 0.25) is 0 Å². The average molecular weight is 319 g/mol. The summed E-state index contributed by atoms with van der Waals surface area (Å²) in [6.07, 6.45) is -5.00. The first kappa shape index (κ1) is 13.9. The Hall–Kier alpha value is -1.18. The molecule has 0 amide bonds. The fourth-order valence-electron chi connectivity index (χ4n) is 0.972. The second-order valence-electron chi connectivity index (χ2n) is 2.90. The van der Waals surface area contributed by atoms with E-state index in [0.717, 1.165) is 24.3 Å². The third-order valence-electron chi connectivity index (χ3n) is 1.61. The molecule has 0 bridgehead atoms. The quantitative estimate of drug-likeness (QED) is 0.482. The fourth-order valence-corrected chi connectivity index (χ4v) is 1.16. The van der Waals surface area contributed by atoms with Gasteiger partial charge in [-0.2, -0.15) is 22.0 Å². The Morgan fingerprint density at radius 3 is 1.88 bits per heavy atom. The minimum atomic E-state index is -5.00. The lowest BCUT2D eigenvalue weighted by Crippen LogP contribution is -2.22. The van der Waals surface area contributed by atoms with E-state index < -0.39 is 22.5 Å². The molecule has 0 spiro atoms. The Morgan fingerprint density at radius 2 is 1.53 bits per heavy atom. The van der Waals surface area contributed by atoms with Crippen molar-refractivity contribution in [3.63, 3.8) is 0 Å². The topological polar surface area (TPSA) is 26.3 Å². The van der Waals surface area contributed by atoms with E-state index in [-0.39, 0.29) is 5.75 Å². The molecule has 0 heterocycles. The number of carbonyl (C=O) groups is 1. The van der Waals surface area contributed by atoms with Crippen molar-refractivity contribution in [3.05, 3.63) is 29.8 Å². The van der Waals surface area contributed by atoms with E-state index in [2.05, 4.69) is 4.74 Å². The van der Waals surface area contributed by atoms with Crippen molar-refractivity contribution in [2.75, 3.05) is 0 Å². The molecule has 0 atom stereocenters. The van der Waals surface area contributed by atoms with Gasteiger partial charge in [-0.15, -0.1) is 0 Å². The van der Waals surface area contributed by atoms with Crippen molar-refractivity contribution in [1.29, 1.82) is 0 Å². The minimum Gasteiger partial charge on any atom is -0.424 e. The lowest BCUT2D eigenvalue weighted by molar-refractivity contribution is -0.0887. The Bertz CT molecular complexity index is 407. The van der Waals surface area contributed by atoms with Gasteiger partial charge >= 0.3 is 11.2 Å². The molecule has 0 aliphatic carbocycles. The van der Waals surface area contributed by atoms with Gasteiger partial charge in [-0.05, 0) is 24.3 Å². The van der Waals surface area contributed by atoms with Crippen molar-refractivity contribution in [1.82, 2.24) is 0 Å². The number of hydrogen-bond acceptors (Lipinski definition) is 2. The first-order valence-electron chi connectivity index (χ1n) is 4.07. The number of halogens is 6.